The van der Waals surface area contributed by atoms with Gasteiger partial charge in [0.2, 0.25) is 10.0 Å². The SMILES string of the molecule is COCCN(C)S(=O)(=O)CCCC(=O)OC. The molecule has 0 aromatic carbocycles. The Morgan fingerprint density at radius 3 is 2.44 bits per heavy atom. The van der Waals surface area contributed by atoms with Crippen LogP contribution in [-0.4, -0.2) is 58.9 Å². The van der Waals surface area contributed by atoms with E-state index in [9.17, 15) is 13.2 Å². The molecule has 0 saturated carbocycles. The Kier molecular flexibility index (Phi) is 7.27. The molecular formula is C9H19NO5S. The van der Waals surface area contributed by atoms with Gasteiger partial charge in [0.15, 0.2) is 0 Å². The molecule has 0 atom stereocenters. The minimum absolute atomic E-state index is 0.0533. The summed E-state index contributed by atoms with van der Waals surface area (Å²) in [6.45, 7) is 0.670. The third-order valence-corrected chi connectivity index (χ3v) is 4.03. The van der Waals surface area contributed by atoms with E-state index in [1.165, 1.54) is 25.6 Å². The number of carbonyl (C=O) groups is 1. The van der Waals surface area contributed by atoms with E-state index in [1.54, 1.807) is 0 Å². The zero-order valence-electron chi connectivity index (χ0n) is 9.93. The summed E-state index contributed by atoms with van der Waals surface area (Å²) in [4.78, 5) is 10.8. The first-order chi connectivity index (χ1) is 7.44. The first-order valence-electron chi connectivity index (χ1n) is 4.93. The van der Waals surface area contributed by atoms with Gasteiger partial charge in [-0.15, -0.1) is 0 Å². The summed E-state index contributed by atoms with van der Waals surface area (Å²) < 4.78 is 33.7. The van der Waals surface area contributed by atoms with Gasteiger partial charge < -0.3 is 9.47 Å². The molecule has 0 rings (SSSR count). The van der Waals surface area contributed by atoms with Crippen molar-refractivity contribution in [3.63, 3.8) is 0 Å². The molecule has 0 saturated heterocycles. The number of nitrogens with zero attached hydrogens (tertiary/aromatic N) is 1. The molecule has 0 aliphatic rings. The number of hydrogen-bond acceptors (Lipinski definition) is 5. The first kappa shape index (κ1) is 15.3. The normalized spacial score (nSPS) is 11.8. The Bertz CT molecular complexity index is 301. The molecular weight excluding hydrogens is 234 g/mol. The molecule has 6 nitrogen and oxygen atoms in total. The summed E-state index contributed by atoms with van der Waals surface area (Å²) in [7, 11) is 0.993. The fourth-order valence-corrected chi connectivity index (χ4v) is 2.19. The zero-order valence-corrected chi connectivity index (χ0v) is 10.7. The van der Waals surface area contributed by atoms with Gasteiger partial charge in [-0.25, -0.2) is 12.7 Å². The molecule has 0 aliphatic carbocycles. The quantitative estimate of drug-likeness (QED) is 0.562. The maximum Gasteiger partial charge on any atom is 0.305 e. The molecule has 0 radical (unpaired) electrons. The lowest BCUT2D eigenvalue weighted by atomic mass is 10.3. The van der Waals surface area contributed by atoms with E-state index in [4.69, 9.17) is 4.74 Å². The van der Waals surface area contributed by atoms with Crippen LogP contribution in [0, 0.1) is 0 Å². The predicted octanol–water partition coefficient (Wildman–Crippen LogP) is -0.152. The van der Waals surface area contributed by atoms with E-state index >= 15 is 0 Å². The van der Waals surface area contributed by atoms with E-state index in [-0.39, 0.29) is 18.6 Å². The van der Waals surface area contributed by atoms with Crippen LogP contribution >= 0.6 is 0 Å². The molecule has 0 spiro atoms. The van der Waals surface area contributed by atoms with Crippen molar-refractivity contribution in [3.8, 4) is 0 Å². The summed E-state index contributed by atoms with van der Waals surface area (Å²) >= 11 is 0. The second-order valence-corrected chi connectivity index (χ2v) is 5.51. The van der Waals surface area contributed by atoms with Crippen LogP contribution in [0.5, 0.6) is 0 Å². The highest BCUT2D eigenvalue weighted by Gasteiger charge is 2.17. The Morgan fingerprint density at radius 1 is 1.31 bits per heavy atom. The lowest BCUT2D eigenvalue weighted by Crippen LogP contribution is -2.32. The largest absolute Gasteiger partial charge is 0.469 e. The van der Waals surface area contributed by atoms with Crippen molar-refractivity contribution in [2.24, 2.45) is 0 Å². The number of ether oxygens (including phenoxy) is 2. The minimum Gasteiger partial charge on any atom is -0.469 e. The monoisotopic (exact) mass is 253 g/mol. The lowest BCUT2D eigenvalue weighted by molar-refractivity contribution is -0.140. The van der Waals surface area contributed by atoms with Crippen LogP contribution in [0.25, 0.3) is 0 Å². The molecule has 16 heavy (non-hydrogen) atoms. The molecule has 0 aromatic heterocycles. The van der Waals surface area contributed by atoms with Crippen LogP contribution < -0.4 is 0 Å². The third-order valence-electron chi connectivity index (χ3n) is 2.10. The average molecular weight is 253 g/mol. The van der Waals surface area contributed by atoms with E-state index in [2.05, 4.69) is 4.74 Å². The number of carbonyl (C=O) groups excluding carboxylic acids is 1. The molecule has 0 unspecified atom stereocenters. The summed E-state index contributed by atoms with van der Waals surface area (Å²) in [6.07, 6.45) is 0.389. The average Bonchev–Trinajstić information content (AvgIpc) is 2.25. The number of likely N-dealkylation sites (N-methyl/N-ethyl adjacent to an activating group) is 1. The number of esters is 1. The minimum atomic E-state index is -3.29. The van der Waals surface area contributed by atoms with E-state index in [0.717, 1.165) is 0 Å². The van der Waals surface area contributed by atoms with E-state index < -0.39 is 16.0 Å². The highest BCUT2D eigenvalue weighted by Crippen LogP contribution is 2.03. The molecule has 0 fully saturated rings. The summed E-state index contributed by atoms with van der Waals surface area (Å²) in [5.41, 5.74) is 0. The number of hydrogen-bond donors (Lipinski definition) is 0. The Labute approximate surface area is 96.6 Å². The zero-order chi connectivity index (χ0) is 12.6. The summed E-state index contributed by atoms with van der Waals surface area (Å²) in [5, 5.41) is 0. The maximum atomic E-state index is 11.6. The van der Waals surface area contributed by atoms with Crippen LogP contribution in [0.1, 0.15) is 12.8 Å². The fourth-order valence-electron chi connectivity index (χ4n) is 1.02. The predicted molar refractivity (Wildman–Crippen MR) is 59.5 cm³/mol. The van der Waals surface area contributed by atoms with Gasteiger partial charge >= 0.3 is 5.97 Å². The van der Waals surface area contributed by atoms with Crippen molar-refractivity contribution in [2.75, 3.05) is 40.2 Å². The maximum absolute atomic E-state index is 11.6. The van der Waals surface area contributed by atoms with Gasteiger partial charge in [0.1, 0.15) is 0 Å². The topological polar surface area (TPSA) is 72.9 Å². The molecule has 96 valence electrons. The van der Waals surface area contributed by atoms with Crippen molar-refractivity contribution in [1.29, 1.82) is 0 Å². The molecule has 0 N–H and O–H groups in total. The van der Waals surface area contributed by atoms with Crippen molar-refractivity contribution in [2.45, 2.75) is 12.8 Å². The second kappa shape index (κ2) is 7.59. The first-order valence-corrected chi connectivity index (χ1v) is 6.54. The van der Waals surface area contributed by atoms with Crippen LogP contribution in [0.2, 0.25) is 0 Å². The molecule has 0 bridgehead atoms. The molecule has 0 heterocycles. The van der Waals surface area contributed by atoms with Gasteiger partial charge in [0, 0.05) is 27.1 Å². The standard InChI is InChI=1S/C9H19NO5S/c1-10(6-7-14-2)16(12,13)8-4-5-9(11)15-3/h4-8H2,1-3H3. The van der Waals surface area contributed by atoms with Crippen molar-refractivity contribution < 1.29 is 22.7 Å². The summed E-state index contributed by atoms with van der Waals surface area (Å²) in [5.74, 6) is -0.447. The van der Waals surface area contributed by atoms with E-state index in [1.807, 2.05) is 0 Å². The van der Waals surface area contributed by atoms with E-state index in [0.29, 0.717) is 13.2 Å². The van der Waals surface area contributed by atoms with Gasteiger partial charge in [0.05, 0.1) is 19.5 Å². The highest BCUT2D eigenvalue weighted by molar-refractivity contribution is 7.89. The molecule has 7 heteroatoms. The Balaban J connectivity index is 3.99. The fraction of sp³-hybridized carbons (Fsp3) is 0.889. The Hall–Kier alpha value is -0.660. The van der Waals surface area contributed by atoms with Gasteiger partial charge in [-0.2, -0.15) is 0 Å². The van der Waals surface area contributed by atoms with Crippen molar-refractivity contribution >= 4 is 16.0 Å². The van der Waals surface area contributed by atoms with Gasteiger partial charge in [0.25, 0.3) is 0 Å². The molecule has 0 amide bonds. The van der Waals surface area contributed by atoms with Gasteiger partial charge in [-0.3, -0.25) is 4.79 Å². The highest BCUT2D eigenvalue weighted by atomic mass is 32.2. The van der Waals surface area contributed by atoms with Crippen LogP contribution in [-0.2, 0) is 24.3 Å². The second-order valence-electron chi connectivity index (χ2n) is 3.31. The van der Waals surface area contributed by atoms with Gasteiger partial charge in [-0.1, -0.05) is 0 Å². The number of rotatable bonds is 8. The number of methoxy groups -OCH3 is 2. The van der Waals surface area contributed by atoms with Crippen LogP contribution in [0.3, 0.4) is 0 Å². The smallest absolute Gasteiger partial charge is 0.305 e. The van der Waals surface area contributed by atoms with Crippen LogP contribution in [0.15, 0.2) is 0 Å². The number of sulfonamides is 1. The lowest BCUT2D eigenvalue weighted by Gasteiger charge is -2.16. The third kappa shape index (κ3) is 6.04. The van der Waals surface area contributed by atoms with Crippen LogP contribution in [0.4, 0.5) is 0 Å². The molecule has 0 aromatic rings. The Morgan fingerprint density at radius 2 is 1.94 bits per heavy atom. The van der Waals surface area contributed by atoms with Crippen molar-refractivity contribution in [3.05, 3.63) is 0 Å². The summed E-state index contributed by atoms with van der Waals surface area (Å²) in [6, 6.07) is 0. The van der Waals surface area contributed by atoms with Gasteiger partial charge in [-0.05, 0) is 6.42 Å². The van der Waals surface area contributed by atoms with Crippen molar-refractivity contribution in [1.82, 2.24) is 4.31 Å². The molecule has 0 aliphatic heterocycles.